The Labute approximate surface area is 128 Å². The van der Waals surface area contributed by atoms with Crippen molar-refractivity contribution in [2.75, 3.05) is 26.7 Å². The average molecular weight is 328 g/mol. The molecule has 1 aromatic rings. The number of nitrogens with zero attached hydrogens (tertiary/aromatic N) is 3. The van der Waals surface area contributed by atoms with Crippen LogP contribution in [0.5, 0.6) is 0 Å². The van der Waals surface area contributed by atoms with Crippen LogP contribution < -0.4 is 0 Å². The lowest BCUT2D eigenvalue weighted by molar-refractivity contribution is -0.129. The van der Waals surface area contributed by atoms with Gasteiger partial charge >= 0.3 is 0 Å². The second-order valence-electron chi connectivity index (χ2n) is 4.76. The SMILES string of the molecule is CN1CCCN(S(=O)(=O)c2ccc(C#N)c(Cl)c2)CC1=O. The standard InChI is InChI=1S/C13H14ClN3O3S/c1-16-5-2-6-17(9-13(16)18)21(19,20)11-4-3-10(8-15)12(14)7-11/h3-4,7H,2,5-6,9H2,1H3. The van der Waals surface area contributed by atoms with Crippen LogP contribution in [-0.4, -0.2) is 50.2 Å². The van der Waals surface area contributed by atoms with Crippen molar-refractivity contribution < 1.29 is 13.2 Å². The van der Waals surface area contributed by atoms with Crippen LogP contribution in [0.1, 0.15) is 12.0 Å². The summed E-state index contributed by atoms with van der Waals surface area (Å²) in [4.78, 5) is 13.3. The molecule has 0 spiro atoms. The van der Waals surface area contributed by atoms with Gasteiger partial charge in [-0.15, -0.1) is 0 Å². The highest BCUT2D eigenvalue weighted by molar-refractivity contribution is 7.89. The molecule has 0 bridgehead atoms. The lowest BCUT2D eigenvalue weighted by atomic mass is 10.2. The van der Waals surface area contributed by atoms with Gasteiger partial charge in [0.2, 0.25) is 15.9 Å². The van der Waals surface area contributed by atoms with E-state index in [1.807, 2.05) is 6.07 Å². The molecule has 0 saturated carbocycles. The Kier molecular flexibility index (Phi) is 4.52. The lowest BCUT2D eigenvalue weighted by Gasteiger charge is -2.19. The molecule has 1 aromatic carbocycles. The zero-order valence-electron chi connectivity index (χ0n) is 11.4. The minimum Gasteiger partial charge on any atom is -0.345 e. The number of sulfonamides is 1. The highest BCUT2D eigenvalue weighted by Gasteiger charge is 2.30. The molecule has 21 heavy (non-hydrogen) atoms. The quantitative estimate of drug-likeness (QED) is 0.813. The zero-order valence-corrected chi connectivity index (χ0v) is 13.0. The molecule has 0 atom stereocenters. The van der Waals surface area contributed by atoms with E-state index < -0.39 is 10.0 Å². The van der Waals surface area contributed by atoms with Crippen molar-refractivity contribution in [2.24, 2.45) is 0 Å². The number of rotatable bonds is 2. The van der Waals surface area contributed by atoms with E-state index in [0.717, 1.165) is 4.31 Å². The number of hydrogen-bond acceptors (Lipinski definition) is 4. The number of hydrogen-bond donors (Lipinski definition) is 0. The summed E-state index contributed by atoms with van der Waals surface area (Å²) in [6.45, 7) is 0.617. The Hall–Kier alpha value is -1.62. The molecule has 1 fully saturated rings. The molecule has 1 saturated heterocycles. The number of likely N-dealkylation sites (N-methyl/N-ethyl adjacent to an activating group) is 1. The van der Waals surface area contributed by atoms with Crippen LogP contribution >= 0.6 is 11.6 Å². The summed E-state index contributed by atoms with van der Waals surface area (Å²) in [5.74, 6) is -0.240. The third kappa shape index (κ3) is 3.18. The monoisotopic (exact) mass is 327 g/mol. The van der Waals surface area contributed by atoms with E-state index in [1.54, 1.807) is 7.05 Å². The highest BCUT2D eigenvalue weighted by atomic mass is 35.5. The van der Waals surface area contributed by atoms with Crippen molar-refractivity contribution in [1.29, 1.82) is 5.26 Å². The van der Waals surface area contributed by atoms with Crippen LogP contribution in [0.4, 0.5) is 0 Å². The van der Waals surface area contributed by atoms with Gasteiger partial charge in [0.15, 0.2) is 0 Å². The topological polar surface area (TPSA) is 81.5 Å². The molecular weight excluding hydrogens is 314 g/mol. The predicted octanol–water partition coefficient (Wildman–Crippen LogP) is 1.06. The molecule has 6 nitrogen and oxygen atoms in total. The van der Waals surface area contributed by atoms with Crippen molar-refractivity contribution in [1.82, 2.24) is 9.21 Å². The first kappa shape index (κ1) is 15.8. The smallest absolute Gasteiger partial charge is 0.243 e. The van der Waals surface area contributed by atoms with E-state index in [-0.39, 0.29) is 34.5 Å². The molecule has 2 rings (SSSR count). The first-order chi connectivity index (χ1) is 9.86. The first-order valence-electron chi connectivity index (χ1n) is 6.30. The van der Waals surface area contributed by atoms with Gasteiger partial charge in [0.05, 0.1) is 22.0 Å². The van der Waals surface area contributed by atoms with Gasteiger partial charge in [-0.25, -0.2) is 8.42 Å². The number of halogens is 1. The first-order valence-corrected chi connectivity index (χ1v) is 8.12. The molecule has 0 N–H and O–H groups in total. The summed E-state index contributed by atoms with van der Waals surface area (Å²) in [6.07, 6.45) is 0.575. The van der Waals surface area contributed by atoms with Gasteiger partial charge in [-0.3, -0.25) is 4.79 Å². The summed E-state index contributed by atoms with van der Waals surface area (Å²) < 4.78 is 26.3. The van der Waals surface area contributed by atoms with Gasteiger partial charge in [0.25, 0.3) is 0 Å². The Morgan fingerprint density at radius 3 is 2.67 bits per heavy atom. The molecule has 8 heteroatoms. The minimum atomic E-state index is -3.80. The van der Waals surface area contributed by atoms with Crippen LogP contribution in [0.25, 0.3) is 0 Å². The van der Waals surface area contributed by atoms with E-state index in [4.69, 9.17) is 16.9 Å². The summed E-state index contributed by atoms with van der Waals surface area (Å²) in [5.41, 5.74) is 0.210. The largest absolute Gasteiger partial charge is 0.345 e. The molecule has 0 aliphatic carbocycles. The number of nitriles is 1. The van der Waals surface area contributed by atoms with Crippen molar-refractivity contribution in [3.63, 3.8) is 0 Å². The molecule has 1 amide bonds. The fraction of sp³-hybridized carbons (Fsp3) is 0.385. The maximum absolute atomic E-state index is 12.6. The van der Waals surface area contributed by atoms with Crippen LogP contribution in [0.3, 0.4) is 0 Å². The van der Waals surface area contributed by atoms with Crippen molar-refractivity contribution in [3.05, 3.63) is 28.8 Å². The molecular formula is C13H14ClN3O3S. The van der Waals surface area contributed by atoms with Crippen LogP contribution in [0.15, 0.2) is 23.1 Å². The normalized spacial score (nSPS) is 17.4. The molecule has 1 aliphatic rings. The summed E-state index contributed by atoms with van der Waals surface area (Å²) in [5, 5.41) is 8.90. The van der Waals surface area contributed by atoms with E-state index in [0.29, 0.717) is 13.0 Å². The molecule has 1 heterocycles. The molecule has 0 aromatic heterocycles. The highest BCUT2D eigenvalue weighted by Crippen LogP contribution is 2.23. The zero-order chi connectivity index (χ0) is 15.6. The third-order valence-corrected chi connectivity index (χ3v) is 5.49. The number of carbonyl (C=O) groups excluding carboxylic acids is 1. The summed E-state index contributed by atoms with van der Waals surface area (Å²) in [6, 6.07) is 5.81. The molecule has 112 valence electrons. The Balaban J connectivity index is 2.35. The summed E-state index contributed by atoms with van der Waals surface area (Å²) >= 11 is 5.88. The predicted molar refractivity (Wildman–Crippen MR) is 77.2 cm³/mol. The van der Waals surface area contributed by atoms with Gasteiger partial charge in [-0.05, 0) is 24.6 Å². The van der Waals surface area contributed by atoms with Crippen LogP contribution in [0.2, 0.25) is 5.02 Å². The fourth-order valence-electron chi connectivity index (χ4n) is 2.06. The van der Waals surface area contributed by atoms with Crippen LogP contribution in [-0.2, 0) is 14.8 Å². The Morgan fingerprint density at radius 2 is 2.05 bits per heavy atom. The van der Waals surface area contributed by atoms with E-state index in [9.17, 15) is 13.2 Å². The lowest BCUT2D eigenvalue weighted by Crippen LogP contribution is -2.38. The van der Waals surface area contributed by atoms with Gasteiger partial charge in [-0.1, -0.05) is 11.6 Å². The maximum Gasteiger partial charge on any atom is 0.243 e. The van der Waals surface area contributed by atoms with E-state index in [1.165, 1.54) is 23.1 Å². The van der Waals surface area contributed by atoms with Crippen molar-refractivity contribution in [2.45, 2.75) is 11.3 Å². The second kappa shape index (κ2) is 6.02. The molecule has 0 unspecified atom stereocenters. The van der Waals surface area contributed by atoms with E-state index in [2.05, 4.69) is 0 Å². The molecule has 1 aliphatic heterocycles. The van der Waals surface area contributed by atoms with Gasteiger partial charge < -0.3 is 4.90 Å². The van der Waals surface area contributed by atoms with Gasteiger partial charge in [0.1, 0.15) is 6.07 Å². The van der Waals surface area contributed by atoms with E-state index >= 15 is 0 Å². The Bertz CT molecular complexity index is 712. The van der Waals surface area contributed by atoms with Gasteiger partial charge in [0, 0.05) is 20.1 Å². The second-order valence-corrected chi connectivity index (χ2v) is 7.11. The van der Waals surface area contributed by atoms with Crippen molar-refractivity contribution in [3.8, 4) is 6.07 Å². The summed E-state index contributed by atoms with van der Waals surface area (Å²) in [7, 11) is -2.15. The molecule has 0 radical (unpaired) electrons. The minimum absolute atomic E-state index is 0.0103. The number of carbonyl (C=O) groups is 1. The fourth-order valence-corrected chi connectivity index (χ4v) is 3.80. The third-order valence-electron chi connectivity index (χ3n) is 3.34. The Morgan fingerprint density at radius 1 is 1.33 bits per heavy atom. The average Bonchev–Trinajstić information content (AvgIpc) is 2.61. The van der Waals surface area contributed by atoms with Crippen molar-refractivity contribution >= 4 is 27.5 Å². The number of amides is 1. The van der Waals surface area contributed by atoms with Gasteiger partial charge in [-0.2, -0.15) is 9.57 Å². The number of benzene rings is 1. The maximum atomic E-state index is 12.6. The van der Waals surface area contributed by atoms with Crippen LogP contribution in [0, 0.1) is 11.3 Å².